The molecule has 76 valence electrons. The van der Waals surface area contributed by atoms with Crippen molar-refractivity contribution in [2.75, 3.05) is 18.8 Å². The summed E-state index contributed by atoms with van der Waals surface area (Å²) in [4.78, 5) is 1.29. The lowest BCUT2D eigenvalue weighted by molar-refractivity contribution is 0.858. The maximum Gasteiger partial charge on any atom is 0.0331 e. The Balaban J connectivity index is 2.08. The third kappa shape index (κ3) is 2.43. The zero-order valence-electron chi connectivity index (χ0n) is 7.79. The fraction of sp³-hybridized carbons (Fsp3) is 0.400. The van der Waals surface area contributed by atoms with Gasteiger partial charge in [0.1, 0.15) is 0 Å². The van der Waals surface area contributed by atoms with E-state index in [0.717, 1.165) is 23.2 Å². The van der Waals surface area contributed by atoms with Gasteiger partial charge in [-0.3, -0.25) is 0 Å². The van der Waals surface area contributed by atoms with Gasteiger partial charge in [-0.05, 0) is 47.1 Å². The first-order valence-corrected chi connectivity index (χ1v) is 6.35. The Morgan fingerprint density at radius 3 is 3.00 bits per heavy atom. The van der Waals surface area contributed by atoms with Gasteiger partial charge < -0.3 is 11.1 Å². The topological polar surface area (TPSA) is 38.0 Å². The van der Waals surface area contributed by atoms with Crippen LogP contribution in [0.15, 0.2) is 27.6 Å². The Bertz CT molecular complexity index is 324. The fourth-order valence-corrected chi connectivity index (χ4v) is 3.31. The molecule has 4 heteroatoms. The molecule has 1 unspecified atom stereocenters. The van der Waals surface area contributed by atoms with E-state index in [1.807, 2.05) is 23.9 Å². The largest absolute Gasteiger partial charge is 0.399 e. The monoisotopic (exact) mass is 272 g/mol. The number of rotatable bonds is 2. The molecular weight excluding hydrogens is 260 g/mol. The van der Waals surface area contributed by atoms with Crippen LogP contribution in [0.2, 0.25) is 0 Å². The zero-order chi connectivity index (χ0) is 9.97. The zero-order valence-corrected chi connectivity index (χ0v) is 10.2. The summed E-state index contributed by atoms with van der Waals surface area (Å²) in [6.45, 7) is 2.26. The standard InChI is InChI=1S/C10H13BrN2S/c11-9-5-7(12)1-2-10(9)14-8-3-4-13-6-8/h1-2,5,8,13H,3-4,6,12H2. The second-order valence-corrected chi connectivity index (χ2v) is 5.62. The third-order valence-electron chi connectivity index (χ3n) is 2.26. The van der Waals surface area contributed by atoms with E-state index in [4.69, 9.17) is 5.73 Å². The summed E-state index contributed by atoms with van der Waals surface area (Å²) in [6, 6.07) is 6.00. The van der Waals surface area contributed by atoms with E-state index in [0.29, 0.717) is 5.25 Å². The van der Waals surface area contributed by atoms with Crippen LogP contribution in [0.25, 0.3) is 0 Å². The van der Waals surface area contributed by atoms with Gasteiger partial charge in [-0.15, -0.1) is 11.8 Å². The molecule has 1 atom stereocenters. The highest BCUT2D eigenvalue weighted by atomic mass is 79.9. The molecule has 0 aromatic heterocycles. The third-order valence-corrected chi connectivity index (χ3v) is 4.53. The van der Waals surface area contributed by atoms with Crippen LogP contribution in [0.1, 0.15) is 6.42 Å². The predicted octanol–water partition coefficient (Wildman–Crippen LogP) is 2.49. The molecule has 1 aliphatic rings. The van der Waals surface area contributed by atoms with Crippen molar-refractivity contribution in [3.63, 3.8) is 0 Å². The van der Waals surface area contributed by atoms with Crippen LogP contribution in [-0.4, -0.2) is 18.3 Å². The molecule has 0 amide bonds. The molecule has 1 saturated heterocycles. The molecule has 0 aliphatic carbocycles. The molecule has 0 bridgehead atoms. The first-order chi connectivity index (χ1) is 6.75. The van der Waals surface area contributed by atoms with E-state index in [1.165, 1.54) is 11.3 Å². The minimum Gasteiger partial charge on any atom is -0.399 e. The molecule has 2 nitrogen and oxygen atoms in total. The molecule has 0 spiro atoms. The molecule has 1 fully saturated rings. The highest BCUT2D eigenvalue weighted by Gasteiger charge is 2.16. The highest BCUT2D eigenvalue weighted by Crippen LogP contribution is 2.33. The summed E-state index contributed by atoms with van der Waals surface area (Å²) in [7, 11) is 0. The summed E-state index contributed by atoms with van der Waals surface area (Å²) in [5.74, 6) is 0. The molecule has 1 aromatic carbocycles. The molecule has 14 heavy (non-hydrogen) atoms. The van der Waals surface area contributed by atoms with Gasteiger partial charge in [-0.1, -0.05) is 0 Å². The fourth-order valence-electron chi connectivity index (χ4n) is 1.52. The van der Waals surface area contributed by atoms with E-state index in [-0.39, 0.29) is 0 Å². The van der Waals surface area contributed by atoms with Gasteiger partial charge >= 0.3 is 0 Å². The van der Waals surface area contributed by atoms with Crippen LogP contribution >= 0.6 is 27.7 Å². The molecule has 0 saturated carbocycles. The number of thioether (sulfide) groups is 1. The highest BCUT2D eigenvalue weighted by molar-refractivity contribution is 9.10. The van der Waals surface area contributed by atoms with Crippen LogP contribution in [0.3, 0.4) is 0 Å². The van der Waals surface area contributed by atoms with Crippen molar-refractivity contribution >= 4 is 33.4 Å². The Morgan fingerprint density at radius 1 is 1.50 bits per heavy atom. The first kappa shape index (κ1) is 10.3. The molecular formula is C10H13BrN2S. The Labute approximate surface area is 96.8 Å². The average molecular weight is 273 g/mol. The summed E-state index contributed by atoms with van der Waals surface area (Å²) in [5, 5.41) is 4.07. The Hall–Kier alpha value is -0.190. The Morgan fingerprint density at radius 2 is 2.36 bits per heavy atom. The summed E-state index contributed by atoms with van der Waals surface area (Å²) in [6.07, 6.45) is 1.25. The van der Waals surface area contributed by atoms with Crippen molar-refractivity contribution in [3.05, 3.63) is 22.7 Å². The van der Waals surface area contributed by atoms with E-state index < -0.39 is 0 Å². The van der Waals surface area contributed by atoms with Crippen LogP contribution in [0.4, 0.5) is 5.69 Å². The quantitative estimate of drug-likeness (QED) is 0.813. The molecule has 2 rings (SSSR count). The number of halogens is 1. The predicted molar refractivity (Wildman–Crippen MR) is 65.7 cm³/mol. The minimum absolute atomic E-state index is 0.704. The number of anilines is 1. The van der Waals surface area contributed by atoms with Crippen molar-refractivity contribution in [2.45, 2.75) is 16.6 Å². The van der Waals surface area contributed by atoms with Crippen LogP contribution in [0.5, 0.6) is 0 Å². The van der Waals surface area contributed by atoms with Crippen molar-refractivity contribution in [2.24, 2.45) is 0 Å². The second-order valence-electron chi connectivity index (χ2n) is 3.42. The van der Waals surface area contributed by atoms with E-state index in [9.17, 15) is 0 Å². The van der Waals surface area contributed by atoms with Gasteiger partial charge in [-0.2, -0.15) is 0 Å². The maximum atomic E-state index is 5.68. The van der Waals surface area contributed by atoms with E-state index in [2.05, 4.69) is 27.3 Å². The smallest absolute Gasteiger partial charge is 0.0331 e. The van der Waals surface area contributed by atoms with Crippen molar-refractivity contribution in [3.8, 4) is 0 Å². The summed E-state index contributed by atoms with van der Waals surface area (Å²) in [5.41, 5.74) is 6.49. The van der Waals surface area contributed by atoms with Gasteiger partial charge in [0.25, 0.3) is 0 Å². The van der Waals surface area contributed by atoms with Crippen molar-refractivity contribution < 1.29 is 0 Å². The maximum absolute atomic E-state index is 5.68. The average Bonchev–Trinajstić information content (AvgIpc) is 2.62. The molecule has 3 N–H and O–H groups in total. The lowest BCUT2D eigenvalue weighted by Gasteiger charge is -2.09. The minimum atomic E-state index is 0.704. The van der Waals surface area contributed by atoms with Gasteiger partial charge in [-0.25, -0.2) is 0 Å². The molecule has 0 radical (unpaired) electrons. The first-order valence-electron chi connectivity index (χ1n) is 4.68. The summed E-state index contributed by atoms with van der Waals surface area (Å²) < 4.78 is 1.11. The molecule has 1 aromatic rings. The van der Waals surface area contributed by atoms with Gasteiger partial charge in [0.15, 0.2) is 0 Å². The number of nitrogen functional groups attached to an aromatic ring is 1. The van der Waals surface area contributed by atoms with Gasteiger partial charge in [0.2, 0.25) is 0 Å². The van der Waals surface area contributed by atoms with Crippen LogP contribution in [-0.2, 0) is 0 Å². The van der Waals surface area contributed by atoms with E-state index >= 15 is 0 Å². The summed E-state index contributed by atoms with van der Waals surface area (Å²) >= 11 is 5.45. The Kier molecular flexibility index (Phi) is 3.36. The van der Waals surface area contributed by atoms with Crippen molar-refractivity contribution in [1.82, 2.24) is 5.32 Å². The van der Waals surface area contributed by atoms with Gasteiger partial charge in [0.05, 0.1) is 0 Å². The molecule has 1 heterocycles. The second kappa shape index (κ2) is 4.55. The van der Waals surface area contributed by atoms with Crippen LogP contribution in [0, 0.1) is 0 Å². The molecule has 1 aliphatic heterocycles. The number of hydrogen-bond donors (Lipinski definition) is 2. The SMILES string of the molecule is Nc1ccc(SC2CCNC2)c(Br)c1. The van der Waals surface area contributed by atoms with Crippen LogP contribution < -0.4 is 11.1 Å². The number of nitrogens with one attached hydrogen (secondary N) is 1. The number of hydrogen-bond acceptors (Lipinski definition) is 3. The lowest BCUT2D eigenvalue weighted by Crippen LogP contribution is -2.09. The van der Waals surface area contributed by atoms with E-state index in [1.54, 1.807) is 0 Å². The normalized spacial score (nSPS) is 21.4. The number of benzene rings is 1. The lowest BCUT2D eigenvalue weighted by atomic mass is 10.3. The number of nitrogens with two attached hydrogens (primary N) is 1. The van der Waals surface area contributed by atoms with Gasteiger partial charge in [0, 0.05) is 26.9 Å². The van der Waals surface area contributed by atoms with Crippen molar-refractivity contribution in [1.29, 1.82) is 0 Å².